The molecular formula is C9H10N2O3. The number of esters is 2. The van der Waals surface area contributed by atoms with Gasteiger partial charge in [0.25, 0.3) is 0 Å². The Morgan fingerprint density at radius 1 is 1.50 bits per heavy atom. The van der Waals surface area contributed by atoms with Crippen LogP contribution in [0.5, 0.6) is 0 Å². The molecule has 0 radical (unpaired) electrons. The molecule has 1 aliphatic rings. The minimum absolute atomic E-state index is 0.0841. The van der Waals surface area contributed by atoms with Crippen LogP contribution < -0.4 is 0 Å². The van der Waals surface area contributed by atoms with Crippen molar-refractivity contribution in [3.05, 3.63) is 17.5 Å². The standard InChI is InChI=1S/C9H10N2O3/c1-5-3-6(2)11(10-5)7-4-8(12)14-9(7)13/h3,7H,4H2,1-2H3/t7-/m1/s1. The Morgan fingerprint density at radius 3 is 2.64 bits per heavy atom. The van der Waals surface area contributed by atoms with E-state index in [1.165, 1.54) is 0 Å². The molecule has 0 aliphatic carbocycles. The molecule has 0 spiro atoms. The lowest BCUT2D eigenvalue weighted by Gasteiger charge is -2.06. The van der Waals surface area contributed by atoms with Crippen molar-refractivity contribution in [1.82, 2.24) is 9.78 Å². The second-order valence-corrected chi connectivity index (χ2v) is 3.38. The number of hydrogen-bond donors (Lipinski definition) is 0. The number of aromatic nitrogens is 2. The number of hydrogen-bond acceptors (Lipinski definition) is 4. The molecule has 5 heteroatoms. The molecule has 1 fully saturated rings. The molecule has 74 valence electrons. The van der Waals surface area contributed by atoms with Crippen LogP contribution in [0.25, 0.3) is 0 Å². The van der Waals surface area contributed by atoms with E-state index >= 15 is 0 Å². The third kappa shape index (κ3) is 1.30. The predicted molar refractivity (Wildman–Crippen MR) is 46.5 cm³/mol. The zero-order chi connectivity index (χ0) is 10.3. The zero-order valence-corrected chi connectivity index (χ0v) is 7.98. The number of carbonyl (C=O) groups is 2. The van der Waals surface area contributed by atoms with Gasteiger partial charge in [0, 0.05) is 5.69 Å². The maximum atomic E-state index is 11.2. The average Bonchev–Trinajstić information content (AvgIpc) is 2.55. The van der Waals surface area contributed by atoms with Crippen molar-refractivity contribution in [3.8, 4) is 0 Å². The normalized spacial score (nSPS) is 21.4. The van der Waals surface area contributed by atoms with Gasteiger partial charge in [0.15, 0.2) is 6.04 Å². The van der Waals surface area contributed by atoms with Crippen molar-refractivity contribution in [1.29, 1.82) is 0 Å². The van der Waals surface area contributed by atoms with Gasteiger partial charge >= 0.3 is 11.9 Å². The van der Waals surface area contributed by atoms with Crippen LogP contribution in [0.3, 0.4) is 0 Å². The first-order valence-corrected chi connectivity index (χ1v) is 4.35. The van der Waals surface area contributed by atoms with E-state index in [0.29, 0.717) is 0 Å². The van der Waals surface area contributed by atoms with Gasteiger partial charge in [-0.1, -0.05) is 0 Å². The highest BCUT2D eigenvalue weighted by Gasteiger charge is 2.36. The molecule has 0 aromatic carbocycles. The molecule has 0 saturated carbocycles. The van der Waals surface area contributed by atoms with Crippen LogP contribution in [-0.4, -0.2) is 21.7 Å². The van der Waals surface area contributed by atoms with Gasteiger partial charge < -0.3 is 4.74 Å². The van der Waals surface area contributed by atoms with Crippen LogP contribution >= 0.6 is 0 Å². The van der Waals surface area contributed by atoms with E-state index in [9.17, 15) is 9.59 Å². The highest BCUT2D eigenvalue weighted by Crippen LogP contribution is 2.22. The molecule has 0 amide bonds. The molecule has 0 N–H and O–H groups in total. The largest absolute Gasteiger partial charge is 0.391 e. The fourth-order valence-electron chi connectivity index (χ4n) is 1.61. The number of ether oxygens (including phenoxy) is 1. The smallest absolute Gasteiger partial charge is 0.339 e. The summed E-state index contributed by atoms with van der Waals surface area (Å²) in [7, 11) is 0. The summed E-state index contributed by atoms with van der Waals surface area (Å²) in [5.41, 5.74) is 1.69. The molecule has 1 saturated heterocycles. The van der Waals surface area contributed by atoms with E-state index in [4.69, 9.17) is 0 Å². The van der Waals surface area contributed by atoms with Gasteiger partial charge in [-0.05, 0) is 19.9 Å². The van der Waals surface area contributed by atoms with Crippen LogP contribution in [-0.2, 0) is 14.3 Å². The van der Waals surface area contributed by atoms with Gasteiger partial charge in [-0.25, -0.2) is 4.79 Å². The second kappa shape index (κ2) is 2.94. The lowest BCUT2D eigenvalue weighted by Crippen LogP contribution is -2.16. The summed E-state index contributed by atoms with van der Waals surface area (Å²) in [6, 6.07) is 1.28. The van der Waals surface area contributed by atoms with Gasteiger partial charge in [0.05, 0.1) is 12.1 Å². The molecule has 1 aliphatic heterocycles. The van der Waals surface area contributed by atoms with E-state index in [2.05, 4.69) is 9.84 Å². The van der Waals surface area contributed by atoms with Crippen LogP contribution in [0.1, 0.15) is 23.9 Å². The zero-order valence-electron chi connectivity index (χ0n) is 7.98. The second-order valence-electron chi connectivity index (χ2n) is 3.38. The summed E-state index contributed by atoms with van der Waals surface area (Å²) in [4.78, 5) is 22.1. The monoisotopic (exact) mass is 194 g/mol. The lowest BCUT2D eigenvalue weighted by atomic mass is 10.2. The highest BCUT2D eigenvalue weighted by atomic mass is 16.6. The fraction of sp³-hybridized carbons (Fsp3) is 0.444. The topological polar surface area (TPSA) is 61.2 Å². The summed E-state index contributed by atoms with van der Waals surface area (Å²) >= 11 is 0. The van der Waals surface area contributed by atoms with Gasteiger partial charge in [-0.2, -0.15) is 5.10 Å². The SMILES string of the molecule is Cc1cc(C)n([C@@H]2CC(=O)OC2=O)n1. The Morgan fingerprint density at radius 2 is 2.21 bits per heavy atom. The Labute approximate surface area is 80.7 Å². The minimum atomic E-state index is -0.573. The molecule has 2 heterocycles. The Kier molecular flexibility index (Phi) is 1.87. The van der Waals surface area contributed by atoms with Crippen LogP contribution in [0.4, 0.5) is 0 Å². The molecule has 2 rings (SSSR count). The van der Waals surface area contributed by atoms with Crippen molar-refractivity contribution >= 4 is 11.9 Å². The summed E-state index contributed by atoms with van der Waals surface area (Å²) in [5, 5.41) is 4.14. The molecule has 1 aromatic rings. The Hall–Kier alpha value is -1.65. The van der Waals surface area contributed by atoms with Crippen LogP contribution in [0, 0.1) is 13.8 Å². The third-order valence-electron chi connectivity index (χ3n) is 2.19. The van der Waals surface area contributed by atoms with Gasteiger partial charge in [-0.3, -0.25) is 9.48 Å². The summed E-state index contributed by atoms with van der Waals surface area (Å²) < 4.78 is 6.00. The van der Waals surface area contributed by atoms with Crippen molar-refractivity contribution in [2.45, 2.75) is 26.3 Å². The first-order valence-electron chi connectivity index (χ1n) is 4.35. The molecule has 0 unspecified atom stereocenters. The highest BCUT2D eigenvalue weighted by molar-refractivity contribution is 5.95. The predicted octanol–water partition coefficient (Wildman–Crippen LogP) is 0.515. The van der Waals surface area contributed by atoms with Crippen molar-refractivity contribution in [2.24, 2.45) is 0 Å². The first-order chi connectivity index (χ1) is 6.58. The Balaban J connectivity index is 2.36. The van der Waals surface area contributed by atoms with Crippen molar-refractivity contribution < 1.29 is 14.3 Å². The number of rotatable bonds is 1. The Bertz CT molecular complexity index is 408. The fourth-order valence-corrected chi connectivity index (χ4v) is 1.61. The first kappa shape index (κ1) is 8.93. The third-order valence-corrected chi connectivity index (χ3v) is 2.19. The molecule has 14 heavy (non-hydrogen) atoms. The maximum Gasteiger partial charge on any atom is 0.339 e. The van der Waals surface area contributed by atoms with Crippen molar-refractivity contribution in [3.63, 3.8) is 0 Å². The maximum absolute atomic E-state index is 11.2. The summed E-state index contributed by atoms with van der Waals surface area (Å²) in [6.45, 7) is 3.68. The molecule has 0 bridgehead atoms. The van der Waals surface area contributed by atoms with Gasteiger partial charge in [0.1, 0.15) is 0 Å². The minimum Gasteiger partial charge on any atom is -0.391 e. The lowest BCUT2D eigenvalue weighted by molar-refractivity contribution is -0.153. The van der Waals surface area contributed by atoms with E-state index in [1.54, 1.807) is 4.68 Å². The average molecular weight is 194 g/mol. The molecule has 5 nitrogen and oxygen atoms in total. The number of aryl methyl sites for hydroxylation is 2. The van der Waals surface area contributed by atoms with Crippen LogP contribution in [0.2, 0.25) is 0 Å². The van der Waals surface area contributed by atoms with E-state index in [0.717, 1.165) is 11.4 Å². The number of nitrogens with zero attached hydrogens (tertiary/aromatic N) is 2. The molecule has 1 aromatic heterocycles. The van der Waals surface area contributed by atoms with E-state index < -0.39 is 18.0 Å². The quantitative estimate of drug-likeness (QED) is 0.483. The van der Waals surface area contributed by atoms with Gasteiger partial charge in [0.2, 0.25) is 0 Å². The number of carbonyl (C=O) groups excluding carboxylic acids is 2. The number of cyclic esters (lactones) is 2. The van der Waals surface area contributed by atoms with E-state index in [1.807, 2.05) is 19.9 Å². The van der Waals surface area contributed by atoms with Gasteiger partial charge in [-0.15, -0.1) is 0 Å². The van der Waals surface area contributed by atoms with E-state index in [-0.39, 0.29) is 6.42 Å². The molecule has 1 atom stereocenters. The summed E-state index contributed by atoms with van der Waals surface area (Å²) in [6.07, 6.45) is 0.0841. The summed E-state index contributed by atoms with van der Waals surface area (Å²) in [5.74, 6) is -0.992. The van der Waals surface area contributed by atoms with Crippen molar-refractivity contribution in [2.75, 3.05) is 0 Å². The molecular weight excluding hydrogens is 184 g/mol. The van der Waals surface area contributed by atoms with Crippen LogP contribution in [0.15, 0.2) is 6.07 Å².